The van der Waals surface area contributed by atoms with Crippen molar-refractivity contribution < 1.29 is 4.74 Å². The highest BCUT2D eigenvalue weighted by Gasteiger charge is 2.21. The number of hydrogen-bond acceptors (Lipinski definition) is 1. The summed E-state index contributed by atoms with van der Waals surface area (Å²) < 4.78 is 5.43. The van der Waals surface area contributed by atoms with E-state index >= 15 is 0 Å². The minimum atomic E-state index is 0.720. The number of rotatable bonds is 2. The summed E-state index contributed by atoms with van der Waals surface area (Å²) in [7, 11) is 1.77. The molecule has 1 aliphatic carbocycles. The summed E-state index contributed by atoms with van der Waals surface area (Å²) in [6, 6.07) is 8.47. The molecule has 0 spiro atoms. The summed E-state index contributed by atoms with van der Waals surface area (Å²) in [5.74, 6) is 2.70. The molecule has 0 unspecified atom stereocenters. The molecule has 15 heavy (non-hydrogen) atoms. The van der Waals surface area contributed by atoms with E-state index in [4.69, 9.17) is 4.74 Å². The molecule has 1 saturated carbocycles. The molecule has 0 radical (unpaired) electrons. The van der Waals surface area contributed by atoms with E-state index in [1.165, 1.54) is 31.2 Å². The SMILES string of the molecule is COc1ccccc1C1CCC(C)CC1. The highest BCUT2D eigenvalue weighted by molar-refractivity contribution is 5.36. The first-order chi connectivity index (χ1) is 7.31. The van der Waals surface area contributed by atoms with Gasteiger partial charge in [-0.3, -0.25) is 0 Å². The van der Waals surface area contributed by atoms with E-state index in [1.807, 2.05) is 6.07 Å². The smallest absolute Gasteiger partial charge is 0.122 e. The Kier molecular flexibility index (Phi) is 3.30. The highest BCUT2D eigenvalue weighted by Crippen LogP contribution is 2.38. The third kappa shape index (κ3) is 2.34. The number of hydrogen-bond donors (Lipinski definition) is 0. The van der Waals surface area contributed by atoms with E-state index < -0.39 is 0 Å². The van der Waals surface area contributed by atoms with Crippen LogP contribution in [-0.2, 0) is 0 Å². The fourth-order valence-electron chi connectivity index (χ4n) is 2.57. The summed E-state index contributed by atoms with van der Waals surface area (Å²) in [6.45, 7) is 2.36. The van der Waals surface area contributed by atoms with Gasteiger partial charge in [0.2, 0.25) is 0 Å². The molecule has 0 heterocycles. The van der Waals surface area contributed by atoms with Gasteiger partial charge in [0.1, 0.15) is 5.75 Å². The molecule has 0 atom stereocenters. The maximum absolute atomic E-state index is 5.43. The van der Waals surface area contributed by atoms with Crippen LogP contribution in [0.1, 0.15) is 44.1 Å². The topological polar surface area (TPSA) is 9.23 Å². The Balaban J connectivity index is 2.15. The molecule has 0 bridgehead atoms. The molecule has 82 valence electrons. The fraction of sp³-hybridized carbons (Fsp3) is 0.571. The highest BCUT2D eigenvalue weighted by atomic mass is 16.5. The summed E-state index contributed by atoms with van der Waals surface area (Å²) in [6.07, 6.45) is 5.37. The third-order valence-corrected chi connectivity index (χ3v) is 3.59. The second-order valence-corrected chi connectivity index (χ2v) is 4.70. The van der Waals surface area contributed by atoms with Gasteiger partial charge in [0.05, 0.1) is 7.11 Å². The molecule has 1 fully saturated rings. The van der Waals surface area contributed by atoms with Crippen LogP contribution in [0.25, 0.3) is 0 Å². The fourth-order valence-corrected chi connectivity index (χ4v) is 2.57. The van der Waals surface area contributed by atoms with Crippen LogP contribution in [0.2, 0.25) is 0 Å². The molecule has 0 saturated heterocycles. The molecule has 0 N–H and O–H groups in total. The minimum Gasteiger partial charge on any atom is -0.496 e. The number of para-hydroxylation sites is 1. The third-order valence-electron chi connectivity index (χ3n) is 3.59. The van der Waals surface area contributed by atoms with E-state index in [-0.39, 0.29) is 0 Å². The molecular weight excluding hydrogens is 184 g/mol. The van der Waals surface area contributed by atoms with Crippen molar-refractivity contribution >= 4 is 0 Å². The summed E-state index contributed by atoms with van der Waals surface area (Å²) >= 11 is 0. The van der Waals surface area contributed by atoms with Crippen LogP contribution in [0.5, 0.6) is 5.75 Å². The van der Waals surface area contributed by atoms with Gasteiger partial charge in [-0.05, 0) is 36.3 Å². The molecule has 0 aliphatic heterocycles. The maximum Gasteiger partial charge on any atom is 0.122 e. The van der Waals surface area contributed by atoms with Gasteiger partial charge < -0.3 is 4.74 Å². The average Bonchev–Trinajstić information content (AvgIpc) is 2.30. The zero-order valence-corrected chi connectivity index (χ0v) is 9.70. The van der Waals surface area contributed by atoms with Crippen LogP contribution in [0.4, 0.5) is 0 Å². The Morgan fingerprint density at radius 2 is 1.73 bits per heavy atom. The van der Waals surface area contributed by atoms with Gasteiger partial charge in [-0.15, -0.1) is 0 Å². The summed E-state index contributed by atoms with van der Waals surface area (Å²) in [4.78, 5) is 0. The molecule has 1 aromatic carbocycles. The molecule has 1 nitrogen and oxygen atoms in total. The lowest BCUT2D eigenvalue weighted by atomic mass is 9.79. The monoisotopic (exact) mass is 204 g/mol. The van der Waals surface area contributed by atoms with Crippen LogP contribution >= 0.6 is 0 Å². The number of benzene rings is 1. The summed E-state index contributed by atoms with van der Waals surface area (Å²) in [5, 5.41) is 0. The molecule has 1 heteroatoms. The number of methoxy groups -OCH3 is 1. The van der Waals surface area contributed by atoms with E-state index in [0.717, 1.165) is 17.6 Å². The van der Waals surface area contributed by atoms with Crippen LogP contribution in [0.15, 0.2) is 24.3 Å². The Labute approximate surface area is 92.5 Å². The zero-order chi connectivity index (χ0) is 10.7. The first kappa shape index (κ1) is 10.5. The average molecular weight is 204 g/mol. The second-order valence-electron chi connectivity index (χ2n) is 4.70. The minimum absolute atomic E-state index is 0.720. The van der Waals surface area contributed by atoms with E-state index in [9.17, 15) is 0 Å². The number of ether oxygens (including phenoxy) is 1. The van der Waals surface area contributed by atoms with Crippen molar-refractivity contribution in [2.75, 3.05) is 7.11 Å². The van der Waals surface area contributed by atoms with Crippen molar-refractivity contribution in [2.24, 2.45) is 5.92 Å². The van der Waals surface area contributed by atoms with Crippen molar-refractivity contribution in [2.45, 2.75) is 38.5 Å². The Bertz CT molecular complexity index is 311. The molecule has 1 aliphatic rings. The van der Waals surface area contributed by atoms with Gasteiger partial charge in [-0.25, -0.2) is 0 Å². The van der Waals surface area contributed by atoms with Crippen molar-refractivity contribution in [3.8, 4) is 5.75 Å². The lowest BCUT2D eigenvalue weighted by Gasteiger charge is -2.27. The standard InChI is InChI=1S/C14H20O/c1-11-7-9-12(10-8-11)13-5-3-4-6-14(13)15-2/h3-6,11-12H,7-10H2,1-2H3. The van der Waals surface area contributed by atoms with Crippen LogP contribution in [-0.4, -0.2) is 7.11 Å². The van der Waals surface area contributed by atoms with Crippen LogP contribution in [0, 0.1) is 5.92 Å². The van der Waals surface area contributed by atoms with Gasteiger partial charge in [0.15, 0.2) is 0 Å². The molecule has 0 amide bonds. The van der Waals surface area contributed by atoms with E-state index in [2.05, 4.69) is 25.1 Å². The quantitative estimate of drug-likeness (QED) is 0.707. The largest absolute Gasteiger partial charge is 0.496 e. The predicted molar refractivity (Wildman–Crippen MR) is 63.4 cm³/mol. The van der Waals surface area contributed by atoms with Crippen LogP contribution < -0.4 is 4.74 Å². The summed E-state index contributed by atoms with van der Waals surface area (Å²) in [5.41, 5.74) is 1.41. The molecule has 2 rings (SSSR count). The Hall–Kier alpha value is -0.980. The van der Waals surface area contributed by atoms with E-state index in [1.54, 1.807) is 7.11 Å². The first-order valence-corrected chi connectivity index (χ1v) is 5.94. The van der Waals surface area contributed by atoms with Crippen molar-refractivity contribution in [1.82, 2.24) is 0 Å². The van der Waals surface area contributed by atoms with Gasteiger partial charge in [0.25, 0.3) is 0 Å². The normalized spacial score (nSPS) is 26.3. The lowest BCUT2D eigenvalue weighted by molar-refractivity contribution is 0.336. The van der Waals surface area contributed by atoms with Gasteiger partial charge in [-0.2, -0.15) is 0 Å². The van der Waals surface area contributed by atoms with Gasteiger partial charge in [-0.1, -0.05) is 38.0 Å². The Morgan fingerprint density at radius 3 is 2.40 bits per heavy atom. The van der Waals surface area contributed by atoms with Crippen molar-refractivity contribution in [3.63, 3.8) is 0 Å². The van der Waals surface area contributed by atoms with E-state index in [0.29, 0.717) is 0 Å². The Morgan fingerprint density at radius 1 is 1.07 bits per heavy atom. The molecule has 0 aromatic heterocycles. The van der Waals surface area contributed by atoms with Gasteiger partial charge >= 0.3 is 0 Å². The zero-order valence-electron chi connectivity index (χ0n) is 9.70. The predicted octanol–water partition coefficient (Wildman–Crippen LogP) is 3.99. The van der Waals surface area contributed by atoms with Crippen molar-refractivity contribution in [3.05, 3.63) is 29.8 Å². The first-order valence-electron chi connectivity index (χ1n) is 5.94. The van der Waals surface area contributed by atoms with Gasteiger partial charge in [0, 0.05) is 0 Å². The molecule has 1 aromatic rings. The maximum atomic E-state index is 5.43. The molecular formula is C14H20O. The van der Waals surface area contributed by atoms with Crippen molar-refractivity contribution in [1.29, 1.82) is 0 Å². The lowest BCUT2D eigenvalue weighted by Crippen LogP contribution is -2.11. The van der Waals surface area contributed by atoms with Crippen LogP contribution in [0.3, 0.4) is 0 Å². The second kappa shape index (κ2) is 4.69.